The third kappa shape index (κ3) is 3.33. The number of carbonyl (C=O) groups excluding carboxylic acids is 2. The molecule has 0 spiro atoms. The van der Waals surface area contributed by atoms with Gasteiger partial charge >= 0.3 is 0 Å². The van der Waals surface area contributed by atoms with Crippen molar-refractivity contribution >= 4 is 34.6 Å². The van der Waals surface area contributed by atoms with Crippen LogP contribution in [0.2, 0.25) is 0 Å². The van der Waals surface area contributed by atoms with E-state index >= 15 is 0 Å². The lowest BCUT2D eigenvalue weighted by atomic mass is 10.0. The quantitative estimate of drug-likeness (QED) is 0.860. The smallest absolute Gasteiger partial charge is 0.244 e. The minimum Gasteiger partial charge on any atom is -0.324 e. The number of benzene rings is 2. The van der Waals surface area contributed by atoms with Gasteiger partial charge in [0.25, 0.3) is 0 Å². The van der Waals surface area contributed by atoms with Crippen LogP contribution in [0.1, 0.15) is 36.0 Å². The van der Waals surface area contributed by atoms with E-state index in [0.29, 0.717) is 5.69 Å². The number of anilines is 2. The molecule has 144 valence electrons. The third-order valence-electron chi connectivity index (χ3n) is 5.57. The van der Waals surface area contributed by atoms with Gasteiger partial charge in [-0.2, -0.15) is 0 Å². The second-order valence-corrected chi connectivity index (χ2v) is 7.78. The van der Waals surface area contributed by atoms with Gasteiger partial charge in [0.05, 0.1) is 17.3 Å². The van der Waals surface area contributed by atoms with Crippen molar-refractivity contribution in [2.24, 2.45) is 10.9 Å². The van der Waals surface area contributed by atoms with E-state index in [2.05, 4.69) is 5.32 Å². The van der Waals surface area contributed by atoms with Crippen molar-refractivity contribution in [2.45, 2.75) is 40.0 Å². The summed E-state index contributed by atoms with van der Waals surface area (Å²) in [7, 11) is 0. The highest BCUT2D eigenvalue weighted by atomic mass is 16.2. The highest BCUT2D eigenvalue weighted by Gasteiger charge is 2.37. The molecule has 0 bridgehead atoms. The number of carbonyl (C=O) groups is 2. The largest absolute Gasteiger partial charge is 0.324 e. The number of hydrogen-bond acceptors (Lipinski definition) is 3. The predicted molar refractivity (Wildman–Crippen MR) is 113 cm³/mol. The SMILES string of the molecule is Cc1cc(C)c(NC(=O)CN2C(=O)[C@@H]3CCCC3=Nc3ccccc32)c(C)c1. The van der Waals surface area contributed by atoms with Crippen LogP contribution in [-0.4, -0.2) is 24.1 Å². The van der Waals surface area contributed by atoms with Crippen molar-refractivity contribution in [1.29, 1.82) is 0 Å². The Balaban J connectivity index is 1.62. The van der Waals surface area contributed by atoms with E-state index < -0.39 is 0 Å². The first kappa shape index (κ1) is 18.4. The van der Waals surface area contributed by atoms with E-state index in [9.17, 15) is 9.59 Å². The van der Waals surface area contributed by atoms with Gasteiger partial charge in [-0.25, -0.2) is 0 Å². The van der Waals surface area contributed by atoms with Gasteiger partial charge in [-0.1, -0.05) is 29.8 Å². The van der Waals surface area contributed by atoms with Gasteiger partial charge in [-0.15, -0.1) is 0 Å². The van der Waals surface area contributed by atoms with Crippen molar-refractivity contribution in [1.82, 2.24) is 0 Å². The Morgan fingerprint density at radius 3 is 2.64 bits per heavy atom. The maximum Gasteiger partial charge on any atom is 0.244 e. The Morgan fingerprint density at radius 2 is 1.89 bits per heavy atom. The molecule has 5 heteroatoms. The summed E-state index contributed by atoms with van der Waals surface area (Å²) in [5.41, 5.74) is 6.46. The summed E-state index contributed by atoms with van der Waals surface area (Å²) in [6, 6.07) is 11.7. The molecule has 2 aromatic carbocycles. The fourth-order valence-corrected chi connectivity index (χ4v) is 4.34. The molecular weight excluding hydrogens is 350 g/mol. The van der Waals surface area contributed by atoms with Crippen LogP contribution in [0, 0.1) is 26.7 Å². The molecule has 2 aliphatic rings. The predicted octanol–water partition coefficient (Wildman–Crippen LogP) is 4.47. The number of nitrogens with one attached hydrogen (secondary N) is 1. The summed E-state index contributed by atoms with van der Waals surface area (Å²) in [5, 5.41) is 3.01. The number of rotatable bonds is 3. The van der Waals surface area contributed by atoms with Crippen LogP contribution in [0.4, 0.5) is 17.1 Å². The zero-order valence-corrected chi connectivity index (χ0v) is 16.6. The number of aryl methyl sites for hydroxylation is 3. The molecule has 4 rings (SSSR count). The molecule has 0 unspecified atom stereocenters. The molecule has 1 atom stereocenters. The Morgan fingerprint density at radius 1 is 1.18 bits per heavy atom. The lowest BCUT2D eigenvalue weighted by Crippen LogP contribution is -2.42. The molecular formula is C23H25N3O2. The second kappa shape index (κ2) is 7.23. The summed E-state index contributed by atoms with van der Waals surface area (Å²) in [5.74, 6) is -0.420. The summed E-state index contributed by atoms with van der Waals surface area (Å²) in [4.78, 5) is 32.5. The second-order valence-electron chi connectivity index (χ2n) is 7.78. The molecule has 1 fully saturated rings. The van der Waals surface area contributed by atoms with Crippen LogP contribution in [0.25, 0.3) is 0 Å². The van der Waals surface area contributed by atoms with Crippen molar-refractivity contribution in [3.05, 3.63) is 53.1 Å². The normalized spacial score (nSPS) is 18.2. The van der Waals surface area contributed by atoms with Gasteiger partial charge in [0.1, 0.15) is 6.54 Å². The van der Waals surface area contributed by atoms with E-state index in [0.717, 1.165) is 53.0 Å². The molecule has 0 aromatic heterocycles. The minimum absolute atomic E-state index is 0.0120. The molecule has 2 amide bonds. The number of nitrogens with zero attached hydrogens (tertiary/aromatic N) is 2. The van der Waals surface area contributed by atoms with E-state index in [1.807, 2.05) is 57.2 Å². The van der Waals surface area contributed by atoms with Crippen LogP contribution >= 0.6 is 0 Å². The first-order chi connectivity index (χ1) is 13.4. The summed E-state index contributed by atoms with van der Waals surface area (Å²) < 4.78 is 0. The minimum atomic E-state index is -0.206. The van der Waals surface area contributed by atoms with Gasteiger partial charge in [0.2, 0.25) is 11.8 Å². The van der Waals surface area contributed by atoms with Crippen molar-refractivity contribution in [3.8, 4) is 0 Å². The molecule has 1 heterocycles. The number of fused-ring (bicyclic) bond motifs is 2. The molecule has 1 saturated carbocycles. The van der Waals surface area contributed by atoms with Crippen molar-refractivity contribution in [2.75, 3.05) is 16.8 Å². The molecule has 2 aromatic rings. The first-order valence-corrected chi connectivity index (χ1v) is 9.79. The topological polar surface area (TPSA) is 61.8 Å². The highest BCUT2D eigenvalue weighted by Crippen LogP contribution is 2.37. The number of aliphatic imine (C=N–C) groups is 1. The lowest BCUT2D eigenvalue weighted by Gasteiger charge is -2.24. The Bertz CT molecular complexity index is 970. The van der Waals surface area contributed by atoms with Crippen LogP contribution in [-0.2, 0) is 9.59 Å². The van der Waals surface area contributed by atoms with Gasteiger partial charge in [0.15, 0.2) is 0 Å². The average Bonchev–Trinajstić information content (AvgIpc) is 3.07. The fraction of sp³-hybridized carbons (Fsp3) is 0.348. The zero-order chi connectivity index (χ0) is 19.8. The molecule has 1 aliphatic heterocycles. The molecule has 0 radical (unpaired) electrons. The van der Waals surface area contributed by atoms with E-state index in [1.165, 1.54) is 0 Å². The molecule has 0 saturated heterocycles. The van der Waals surface area contributed by atoms with Gasteiger partial charge in [-0.05, 0) is 63.3 Å². The van der Waals surface area contributed by atoms with Crippen molar-refractivity contribution in [3.63, 3.8) is 0 Å². The van der Waals surface area contributed by atoms with Crippen LogP contribution in [0.5, 0.6) is 0 Å². The van der Waals surface area contributed by atoms with E-state index in [4.69, 9.17) is 4.99 Å². The maximum atomic E-state index is 13.2. The van der Waals surface area contributed by atoms with E-state index in [1.54, 1.807) is 4.90 Å². The molecule has 28 heavy (non-hydrogen) atoms. The number of para-hydroxylation sites is 2. The monoisotopic (exact) mass is 375 g/mol. The molecule has 1 N–H and O–H groups in total. The van der Waals surface area contributed by atoms with Gasteiger partial charge < -0.3 is 10.2 Å². The number of hydrogen-bond donors (Lipinski definition) is 1. The van der Waals surface area contributed by atoms with Crippen molar-refractivity contribution < 1.29 is 9.59 Å². The van der Waals surface area contributed by atoms with Crippen LogP contribution < -0.4 is 10.2 Å². The Labute approximate surface area is 165 Å². The Kier molecular flexibility index (Phi) is 4.75. The summed E-state index contributed by atoms with van der Waals surface area (Å²) in [6.45, 7) is 6.00. The van der Waals surface area contributed by atoms with E-state index in [-0.39, 0.29) is 24.3 Å². The van der Waals surface area contributed by atoms with Crippen LogP contribution in [0.15, 0.2) is 41.4 Å². The first-order valence-electron chi connectivity index (χ1n) is 9.79. The van der Waals surface area contributed by atoms with Gasteiger partial charge in [0, 0.05) is 11.4 Å². The standard InChI is InChI=1S/C23H25N3O2/c1-14-11-15(2)22(16(3)12-14)25-21(27)13-26-20-10-5-4-8-19(20)24-18-9-6-7-17(18)23(26)28/h4-5,8,10-12,17H,6-7,9,13H2,1-3H3,(H,25,27)/t17-/m1/s1. The summed E-state index contributed by atoms with van der Waals surface area (Å²) in [6.07, 6.45) is 2.63. The fourth-order valence-electron chi connectivity index (χ4n) is 4.34. The highest BCUT2D eigenvalue weighted by molar-refractivity contribution is 6.16. The summed E-state index contributed by atoms with van der Waals surface area (Å²) >= 11 is 0. The Hall–Kier alpha value is -2.95. The lowest BCUT2D eigenvalue weighted by molar-refractivity contribution is -0.122. The zero-order valence-electron chi connectivity index (χ0n) is 16.6. The van der Waals surface area contributed by atoms with Crippen LogP contribution in [0.3, 0.4) is 0 Å². The van der Waals surface area contributed by atoms with Gasteiger partial charge in [-0.3, -0.25) is 14.6 Å². The average molecular weight is 375 g/mol. The molecule has 5 nitrogen and oxygen atoms in total. The molecule has 1 aliphatic carbocycles. The third-order valence-corrected chi connectivity index (χ3v) is 5.57. The maximum absolute atomic E-state index is 13.2. The number of amides is 2.